The molecule has 1 aliphatic rings. The van der Waals surface area contributed by atoms with Gasteiger partial charge in [-0.3, -0.25) is 4.79 Å². The summed E-state index contributed by atoms with van der Waals surface area (Å²) in [6.07, 6.45) is -0.749. The fourth-order valence-corrected chi connectivity index (χ4v) is 2.97. The van der Waals surface area contributed by atoms with Gasteiger partial charge in [0.05, 0.1) is 24.3 Å². The van der Waals surface area contributed by atoms with Gasteiger partial charge in [-0.25, -0.2) is 17.6 Å². The van der Waals surface area contributed by atoms with Gasteiger partial charge in [-0.05, 0) is 32.0 Å². The molecule has 0 aromatic heterocycles. The number of ether oxygens (including phenoxy) is 1. The third-order valence-corrected chi connectivity index (χ3v) is 4.48. The number of rotatable bonds is 2. The third-order valence-electron chi connectivity index (χ3n) is 4.48. The molecule has 7 heteroatoms. The molecule has 0 N–H and O–H groups in total. The molecule has 0 aliphatic carbocycles. The zero-order valence-corrected chi connectivity index (χ0v) is 14.2. The van der Waals surface area contributed by atoms with Crippen LogP contribution in [0.1, 0.15) is 35.9 Å². The van der Waals surface area contributed by atoms with Gasteiger partial charge in [-0.2, -0.15) is 0 Å². The average molecular weight is 367 g/mol. The average Bonchev–Trinajstić information content (AvgIpc) is 2.60. The Kier molecular flexibility index (Phi) is 4.75. The van der Waals surface area contributed by atoms with Crippen molar-refractivity contribution in [1.29, 1.82) is 0 Å². The Morgan fingerprint density at radius 1 is 1.04 bits per heavy atom. The van der Waals surface area contributed by atoms with Gasteiger partial charge in [0, 0.05) is 5.56 Å². The van der Waals surface area contributed by atoms with Crippen molar-refractivity contribution in [1.82, 2.24) is 4.90 Å². The summed E-state index contributed by atoms with van der Waals surface area (Å²) in [6, 6.07) is 7.60. The highest BCUT2D eigenvalue weighted by Gasteiger charge is 2.40. The molecule has 2 aromatic carbocycles. The van der Waals surface area contributed by atoms with E-state index >= 15 is 0 Å². The van der Waals surface area contributed by atoms with Crippen molar-refractivity contribution in [2.45, 2.75) is 25.5 Å². The van der Waals surface area contributed by atoms with Crippen molar-refractivity contribution in [3.05, 3.63) is 70.8 Å². The van der Waals surface area contributed by atoms with Crippen LogP contribution in [0.4, 0.5) is 17.6 Å². The van der Waals surface area contributed by atoms with Crippen LogP contribution >= 0.6 is 0 Å². The maximum atomic E-state index is 14.1. The van der Waals surface area contributed by atoms with Gasteiger partial charge in [0.1, 0.15) is 11.9 Å². The summed E-state index contributed by atoms with van der Waals surface area (Å²) >= 11 is 0. The molecule has 1 fully saturated rings. The monoisotopic (exact) mass is 367 g/mol. The molecule has 0 bridgehead atoms. The summed E-state index contributed by atoms with van der Waals surface area (Å²) in [5.74, 6) is -5.91. The summed E-state index contributed by atoms with van der Waals surface area (Å²) < 4.78 is 60.4. The van der Waals surface area contributed by atoms with E-state index in [9.17, 15) is 22.4 Å². The lowest BCUT2D eigenvalue weighted by Crippen LogP contribution is -2.56. The van der Waals surface area contributed by atoms with Crippen molar-refractivity contribution in [3.8, 4) is 0 Å². The highest BCUT2D eigenvalue weighted by atomic mass is 19.2. The molecule has 1 atom stereocenters. The predicted octanol–water partition coefficient (Wildman–Crippen LogP) is 4.24. The molecule has 2 aromatic rings. The van der Waals surface area contributed by atoms with E-state index in [-0.39, 0.29) is 18.7 Å². The largest absolute Gasteiger partial charge is 0.369 e. The van der Waals surface area contributed by atoms with E-state index in [4.69, 9.17) is 4.74 Å². The number of nitrogens with zero attached hydrogens (tertiary/aromatic N) is 1. The van der Waals surface area contributed by atoms with Crippen LogP contribution in [0.5, 0.6) is 0 Å². The first-order valence-electron chi connectivity index (χ1n) is 8.04. The second-order valence-corrected chi connectivity index (χ2v) is 6.77. The molecule has 1 amide bonds. The standard InChI is InChI=1S/C19H17F4NO2/c1-19(2)10-26-15(11-5-3-4-6-13(11)20)9-24(19)18(25)12-7-8-14(21)17(23)16(12)22/h3-8,15H,9-10H2,1-2H3. The number of morpholine rings is 1. The molecular weight excluding hydrogens is 350 g/mol. The van der Waals surface area contributed by atoms with Crippen LogP contribution in [0.15, 0.2) is 36.4 Å². The van der Waals surface area contributed by atoms with Gasteiger partial charge in [0.15, 0.2) is 17.5 Å². The summed E-state index contributed by atoms with van der Waals surface area (Å²) in [7, 11) is 0. The summed E-state index contributed by atoms with van der Waals surface area (Å²) in [6.45, 7) is 3.41. The number of carbonyl (C=O) groups is 1. The second-order valence-electron chi connectivity index (χ2n) is 6.77. The first-order valence-corrected chi connectivity index (χ1v) is 8.04. The number of hydrogen-bond donors (Lipinski definition) is 0. The lowest BCUT2D eigenvalue weighted by molar-refractivity contribution is -0.0858. The molecule has 1 aliphatic heterocycles. The Hall–Kier alpha value is -2.41. The van der Waals surface area contributed by atoms with Crippen LogP contribution in [0, 0.1) is 23.3 Å². The fourth-order valence-electron chi connectivity index (χ4n) is 2.97. The summed E-state index contributed by atoms with van der Waals surface area (Å²) in [5.41, 5.74) is -1.14. The van der Waals surface area contributed by atoms with E-state index < -0.39 is 46.4 Å². The normalized spacial score (nSPS) is 19.5. The first-order chi connectivity index (χ1) is 12.2. The van der Waals surface area contributed by atoms with Crippen molar-refractivity contribution < 1.29 is 27.1 Å². The molecule has 3 nitrogen and oxygen atoms in total. The van der Waals surface area contributed by atoms with Crippen LogP contribution in [-0.2, 0) is 4.74 Å². The number of amides is 1. The van der Waals surface area contributed by atoms with E-state index in [0.29, 0.717) is 6.07 Å². The topological polar surface area (TPSA) is 29.5 Å². The lowest BCUT2D eigenvalue weighted by Gasteiger charge is -2.45. The van der Waals surface area contributed by atoms with Gasteiger partial charge in [0.2, 0.25) is 0 Å². The van der Waals surface area contributed by atoms with Crippen molar-refractivity contribution >= 4 is 5.91 Å². The maximum absolute atomic E-state index is 14.1. The molecule has 26 heavy (non-hydrogen) atoms. The molecule has 1 unspecified atom stereocenters. The first kappa shape index (κ1) is 18.4. The zero-order chi connectivity index (χ0) is 19.1. The van der Waals surface area contributed by atoms with Crippen LogP contribution in [-0.4, -0.2) is 29.5 Å². The van der Waals surface area contributed by atoms with Gasteiger partial charge >= 0.3 is 0 Å². The molecule has 3 rings (SSSR count). The van der Waals surface area contributed by atoms with Crippen LogP contribution in [0.2, 0.25) is 0 Å². The van der Waals surface area contributed by atoms with E-state index in [0.717, 1.165) is 6.07 Å². The minimum absolute atomic E-state index is 0.0504. The molecule has 0 saturated carbocycles. The summed E-state index contributed by atoms with van der Waals surface area (Å²) in [5, 5.41) is 0. The van der Waals surface area contributed by atoms with E-state index in [1.165, 1.54) is 17.0 Å². The van der Waals surface area contributed by atoms with Gasteiger partial charge in [-0.15, -0.1) is 0 Å². The Balaban J connectivity index is 1.95. The second kappa shape index (κ2) is 6.72. The molecular formula is C19H17F4NO2. The number of halogens is 4. The Bertz CT molecular complexity index is 853. The zero-order valence-electron chi connectivity index (χ0n) is 14.2. The van der Waals surface area contributed by atoms with E-state index in [1.54, 1.807) is 26.0 Å². The molecule has 138 valence electrons. The highest BCUT2D eigenvalue weighted by molar-refractivity contribution is 5.95. The van der Waals surface area contributed by atoms with Crippen LogP contribution < -0.4 is 0 Å². The van der Waals surface area contributed by atoms with E-state index in [2.05, 4.69) is 0 Å². The third kappa shape index (κ3) is 3.19. The van der Waals surface area contributed by atoms with Crippen molar-refractivity contribution in [3.63, 3.8) is 0 Å². The lowest BCUT2D eigenvalue weighted by atomic mass is 9.96. The fraction of sp³-hybridized carbons (Fsp3) is 0.316. The van der Waals surface area contributed by atoms with Crippen LogP contribution in [0.25, 0.3) is 0 Å². The van der Waals surface area contributed by atoms with Crippen molar-refractivity contribution in [2.24, 2.45) is 0 Å². The van der Waals surface area contributed by atoms with Gasteiger partial charge in [0.25, 0.3) is 5.91 Å². The predicted molar refractivity (Wildman–Crippen MR) is 86.5 cm³/mol. The Morgan fingerprint density at radius 3 is 2.42 bits per heavy atom. The number of carbonyl (C=O) groups excluding carboxylic acids is 1. The Morgan fingerprint density at radius 2 is 1.73 bits per heavy atom. The quantitative estimate of drug-likeness (QED) is 0.587. The minimum Gasteiger partial charge on any atom is -0.369 e. The molecule has 0 spiro atoms. The number of hydrogen-bond acceptors (Lipinski definition) is 2. The van der Waals surface area contributed by atoms with Gasteiger partial charge < -0.3 is 9.64 Å². The smallest absolute Gasteiger partial charge is 0.257 e. The van der Waals surface area contributed by atoms with Crippen LogP contribution in [0.3, 0.4) is 0 Å². The SMILES string of the molecule is CC1(C)COC(c2ccccc2F)CN1C(=O)c1ccc(F)c(F)c1F. The molecule has 1 saturated heterocycles. The maximum Gasteiger partial charge on any atom is 0.257 e. The minimum atomic E-state index is -1.70. The summed E-state index contributed by atoms with van der Waals surface area (Å²) in [4.78, 5) is 14.1. The number of benzene rings is 2. The highest BCUT2D eigenvalue weighted by Crippen LogP contribution is 2.33. The Labute approximate surface area is 148 Å². The molecule has 1 heterocycles. The van der Waals surface area contributed by atoms with E-state index in [1.807, 2.05) is 0 Å². The molecule has 0 radical (unpaired) electrons. The van der Waals surface area contributed by atoms with Crippen molar-refractivity contribution in [2.75, 3.05) is 13.2 Å². The van der Waals surface area contributed by atoms with Gasteiger partial charge in [-0.1, -0.05) is 18.2 Å².